The highest BCUT2D eigenvalue weighted by Crippen LogP contribution is 2.24. The first-order chi connectivity index (χ1) is 11.7. The van der Waals surface area contributed by atoms with E-state index in [1.165, 1.54) is 17.2 Å². The molecule has 1 amide bonds. The molecule has 1 aromatic rings. The van der Waals surface area contributed by atoms with Crippen LogP contribution in [0.15, 0.2) is 30.5 Å². The van der Waals surface area contributed by atoms with Crippen LogP contribution in [0.25, 0.3) is 0 Å². The molecule has 0 bridgehead atoms. The number of alkyl halides is 1. The molecule has 1 heterocycles. The van der Waals surface area contributed by atoms with Crippen LogP contribution in [0.1, 0.15) is 31.2 Å². The summed E-state index contributed by atoms with van der Waals surface area (Å²) in [6, 6.07) is 8.61. The molecule has 1 unspecified atom stereocenters. The van der Waals surface area contributed by atoms with E-state index in [4.69, 9.17) is 0 Å². The van der Waals surface area contributed by atoms with Crippen LogP contribution in [-0.4, -0.2) is 45.2 Å². The van der Waals surface area contributed by atoms with Gasteiger partial charge in [0, 0.05) is 38.3 Å². The summed E-state index contributed by atoms with van der Waals surface area (Å²) in [7, 11) is 0.500. The molecule has 0 radical (unpaired) electrons. The summed E-state index contributed by atoms with van der Waals surface area (Å²) >= 11 is 0. The van der Waals surface area contributed by atoms with Gasteiger partial charge in [0.15, 0.2) is 0 Å². The van der Waals surface area contributed by atoms with Gasteiger partial charge in [0.05, 0.1) is 13.4 Å². The normalized spacial score (nSPS) is 14.7. The van der Waals surface area contributed by atoms with Crippen molar-refractivity contribution in [3.63, 3.8) is 0 Å². The molecule has 1 saturated heterocycles. The number of benzene rings is 1. The largest absolute Gasteiger partial charge is 0.369 e. The quantitative estimate of drug-likeness (QED) is 0.781. The minimum atomic E-state index is -0.146. The van der Waals surface area contributed by atoms with Crippen LogP contribution in [0.5, 0.6) is 0 Å². The number of hydrogen-bond acceptors (Lipinski definition) is 4. The zero-order valence-electron chi connectivity index (χ0n) is 14.3. The molecule has 132 valence electrons. The summed E-state index contributed by atoms with van der Waals surface area (Å²) in [6.07, 6.45) is 2.17. The van der Waals surface area contributed by atoms with Crippen molar-refractivity contribution in [1.82, 2.24) is 10.6 Å². The molecule has 5 nitrogen and oxygen atoms in total. The standard InChI is InChI=1S/C17H23N3O2.CH3F/c1-14(2-7-17(22)19-10-13-21)15-3-5-16(6-4-15)20-11-8-18-9-12-20;1-2/h3-6,10,14,18H,2,7-9,11-12H2,1H3,(H,19,22);1H3. The lowest BCUT2D eigenvalue weighted by Crippen LogP contribution is -2.43. The van der Waals surface area contributed by atoms with Gasteiger partial charge >= 0.3 is 0 Å². The highest BCUT2D eigenvalue weighted by atomic mass is 19.1. The van der Waals surface area contributed by atoms with Crippen LogP contribution < -0.4 is 15.5 Å². The number of carbonyl (C=O) groups excluding carboxylic acids is 2. The average molecular weight is 335 g/mol. The lowest BCUT2D eigenvalue weighted by atomic mass is 9.96. The second kappa shape index (κ2) is 11.4. The molecule has 24 heavy (non-hydrogen) atoms. The second-order valence-corrected chi connectivity index (χ2v) is 5.60. The summed E-state index contributed by atoms with van der Waals surface area (Å²) in [6.45, 7) is 6.26. The monoisotopic (exact) mass is 335 g/mol. The molecular formula is C18H26FN3O2. The van der Waals surface area contributed by atoms with Gasteiger partial charge in [-0.2, -0.15) is 0 Å². The number of halogens is 1. The summed E-state index contributed by atoms with van der Waals surface area (Å²) in [4.78, 5) is 23.9. The minimum absolute atomic E-state index is 0.146. The van der Waals surface area contributed by atoms with E-state index in [1.807, 2.05) is 0 Å². The zero-order chi connectivity index (χ0) is 17.8. The van der Waals surface area contributed by atoms with Crippen molar-refractivity contribution >= 4 is 17.5 Å². The number of rotatable bonds is 6. The first kappa shape index (κ1) is 19.9. The van der Waals surface area contributed by atoms with E-state index in [0.717, 1.165) is 38.8 Å². The molecular weight excluding hydrogens is 309 g/mol. The van der Waals surface area contributed by atoms with Gasteiger partial charge in [-0.05, 0) is 30.0 Å². The van der Waals surface area contributed by atoms with Crippen molar-refractivity contribution in [2.45, 2.75) is 25.7 Å². The van der Waals surface area contributed by atoms with Crippen LogP contribution in [0.4, 0.5) is 10.1 Å². The first-order valence-electron chi connectivity index (χ1n) is 8.13. The molecule has 1 fully saturated rings. The summed E-state index contributed by atoms with van der Waals surface area (Å²) in [5.74, 6) is 1.70. The fourth-order valence-electron chi connectivity index (χ4n) is 2.63. The van der Waals surface area contributed by atoms with E-state index in [0.29, 0.717) is 19.5 Å². The van der Waals surface area contributed by atoms with Gasteiger partial charge in [-0.1, -0.05) is 19.1 Å². The summed E-state index contributed by atoms with van der Waals surface area (Å²) < 4.78 is 9.50. The Balaban J connectivity index is 0.00000139. The SMILES string of the molecule is CC(CCC(=O)NC=C=O)c1ccc(N2CCNCC2)cc1.CF. The van der Waals surface area contributed by atoms with Gasteiger partial charge in [-0.15, -0.1) is 0 Å². The van der Waals surface area contributed by atoms with Crippen molar-refractivity contribution < 1.29 is 14.0 Å². The van der Waals surface area contributed by atoms with Gasteiger partial charge in [-0.3, -0.25) is 9.18 Å². The Morgan fingerprint density at radius 3 is 2.54 bits per heavy atom. The number of anilines is 1. The van der Waals surface area contributed by atoms with Gasteiger partial charge in [0.25, 0.3) is 0 Å². The lowest BCUT2D eigenvalue weighted by Gasteiger charge is -2.29. The van der Waals surface area contributed by atoms with E-state index in [9.17, 15) is 14.0 Å². The Bertz CT molecular complexity index is 536. The highest BCUT2D eigenvalue weighted by molar-refractivity contribution is 5.78. The Morgan fingerprint density at radius 2 is 1.96 bits per heavy atom. The Labute approximate surface area is 142 Å². The van der Waals surface area contributed by atoms with Crippen molar-refractivity contribution in [1.29, 1.82) is 0 Å². The molecule has 1 aliphatic rings. The van der Waals surface area contributed by atoms with Crippen LogP contribution in [-0.2, 0) is 9.59 Å². The third-order valence-electron chi connectivity index (χ3n) is 4.04. The second-order valence-electron chi connectivity index (χ2n) is 5.60. The molecule has 2 N–H and O–H groups in total. The lowest BCUT2D eigenvalue weighted by molar-refractivity contribution is -0.120. The highest BCUT2D eigenvalue weighted by Gasteiger charge is 2.12. The fraction of sp³-hybridized carbons (Fsp3) is 0.500. The number of amides is 1. The zero-order valence-corrected chi connectivity index (χ0v) is 14.3. The van der Waals surface area contributed by atoms with Crippen LogP contribution in [0.2, 0.25) is 0 Å². The number of nitrogens with zero attached hydrogens (tertiary/aromatic N) is 1. The van der Waals surface area contributed by atoms with E-state index in [2.05, 4.69) is 46.7 Å². The first-order valence-corrected chi connectivity index (χ1v) is 8.13. The molecule has 2 rings (SSSR count). The van der Waals surface area contributed by atoms with Crippen molar-refractivity contribution in [3.8, 4) is 0 Å². The van der Waals surface area contributed by atoms with Crippen molar-refractivity contribution in [2.24, 2.45) is 0 Å². The van der Waals surface area contributed by atoms with E-state index >= 15 is 0 Å². The van der Waals surface area contributed by atoms with Crippen molar-refractivity contribution in [3.05, 3.63) is 36.0 Å². The number of nitrogens with one attached hydrogen (secondary N) is 2. The van der Waals surface area contributed by atoms with Gasteiger partial charge < -0.3 is 15.5 Å². The topological polar surface area (TPSA) is 61.4 Å². The predicted molar refractivity (Wildman–Crippen MR) is 94.6 cm³/mol. The third kappa shape index (κ3) is 6.52. The fourth-order valence-corrected chi connectivity index (χ4v) is 2.63. The van der Waals surface area contributed by atoms with E-state index in [1.54, 1.807) is 0 Å². The van der Waals surface area contributed by atoms with Crippen LogP contribution in [0.3, 0.4) is 0 Å². The smallest absolute Gasteiger partial charge is 0.224 e. The maximum Gasteiger partial charge on any atom is 0.224 e. The van der Waals surface area contributed by atoms with E-state index in [-0.39, 0.29) is 5.91 Å². The summed E-state index contributed by atoms with van der Waals surface area (Å²) in [5.41, 5.74) is 2.49. The minimum Gasteiger partial charge on any atom is -0.369 e. The Morgan fingerprint density at radius 1 is 1.33 bits per heavy atom. The van der Waals surface area contributed by atoms with Crippen LogP contribution >= 0.6 is 0 Å². The van der Waals surface area contributed by atoms with Gasteiger partial charge in [0.1, 0.15) is 5.94 Å². The van der Waals surface area contributed by atoms with Crippen LogP contribution in [0, 0.1) is 0 Å². The Kier molecular flexibility index (Phi) is 9.42. The molecule has 1 aromatic carbocycles. The van der Waals surface area contributed by atoms with Gasteiger partial charge in [0.2, 0.25) is 5.91 Å². The number of carbonyl (C=O) groups is 1. The molecule has 0 saturated carbocycles. The third-order valence-corrected chi connectivity index (χ3v) is 4.04. The molecule has 0 aromatic heterocycles. The molecule has 0 spiro atoms. The van der Waals surface area contributed by atoms with Gasteiger partial charge in [-0.25, -0.2) is 4.79 Å². The maximum atomic E-state index is 11.5. The predicted octanol–water partition coefficient (Wildman–Crippen LogP) is 2.03. The Hall–Kier alpha value is -2.17. The maximum absolute atomic E-state index is 11.5. The number of piperazine rings is 1. The number of hydrogen-bond donors (Lipinski definition) is 2. The molecule has 0 aliphatic carbocycles. The van der Waals surface area contributed by atoms with E-state index < -0.39 is 0 Å². The average Bonchev–Trinajstić information content (AvgIpc) is 2.67. The molecule has 1 atom stereocenters. The summed E-state index contributed by atoms with van der Waals surface area (Å²) in [5, 5.41) is 5.74. The molecule has 6 heteroatoms. The van der Waals surface area contributed by atoms with Crippen molar-refractivity contribution in [2.75, 3.05) is 38.3 Å². The molecule has 1 aliphatic heterocycles.